The molecule has 192 valence electrons. The monoisotopic (exact) mass is 519 g/mol. The summed E-state index contributed by atoms with van der Waals surface area (Å²) in [7, 11) is -1.72. The van der Waals surface area contributed by atoms with E-state index in [-0.39, 0.29) is 4.90 Å². The molecule has 0 atom stereocenters. The Morgan fingerprint density at radius 3 is 2.46 bits per heavy atom. The second-order valence-corrected chi connectivity index (χ2v) is 10.5. The normalized spacial score (nSPS) is 11.4. The predicted molar refractivity (Wildman–Crippen MR) is 147 cm³/mol. The Labute approximate surface area is 216 Å². The Morgan fingerprint density at radius 1 is 1.00 bits per heavy atom. The van der Waals surface area contributed by atoms with Crippen LogP contribution in [0.5, 0.6) is 0 Å². The molecule has 0 spiro atoms. The van der Waals surface area contributed by atoms with Gasteiger partial charge in [0.05, 0.1) is 5.52 Å². The lowest BCUT2D eigenvalue weighted by Crippen LogP contribution is -2.13. The van der Waals surface area contributed by atoms with Gasteiger partial charge in [-0.3, -0.25) is 4.40 Å². The summed E-state index contributed by atoms with van der Waals surface area (Å²) >= 11 is 0. The molecule has 5 aromatic rings. The van der Waals surface area contributed by atoms with E-state index in [2.05, 4.69) is 35.3 Å². The Kier molecular flexibility index (Phi) is 7.54. The molecule has 0 bridgehead atoms. The van der Waals surface area contributed by atoms with Crippen LogP contribution in [0.2, 0.25) is 0 Å². The molecule has 5 rings (SSSR count). The molecule has 0 saturated heterocycles. The van der Waals surface area contributed by atoms with Crippen LogP contribution in [0.25, 0.3) is 27.8 Å². The van der Waals surface area contributed by atoms with Crippen LogP contribution in [0.3, 0.4) is 0 Å². The Morgan fingerprint density at radius 2 is 1.76 bits per heavy atom. The third kappa shape index (κ3) is 5.17. The van der Waals surface area contributed by atoms with Crippen LogP contribution >= 0.6 is 0 Å². The summed E-state index contributed by atoms with van der Waals surface area (Å²) in [6.45, 7) is 6.15. The van der Waals surface area contributed by atoms with Crippen LogP contribution in [-0.4, -0.2) is 41.3 Å². The fourth-order valence-corrected chi connectivity index (χ4v) is 5.02. The van der Waals surface area contributed by atoms with E-state index in [4.69, 9.17) is 4.98 Å². The minimum absolute atomic E-state index is 0.311. The largest absolute Gasteiger partial charge is 0.329 e. The summed E-state index contributed by atoms with van der Waals surface area (Å²) in [6, 6.07) is 18.1. The average molecular weight is 520 g/mol. The number of fused-ring (bicyclic) bond motifs is 3. The fraction of sp³-hybridized carbons (Fsp3) is 0.250. The second kappa shape index (κ2) is 10.6. The van der Waals surface area contributed by atoms with Crippen molar-refractivity contribution < 1.29 is 12.8 Å². The molecule has 2 aromatic heterocycles. The SMILES string of the molecule is CC.CCCc1ccc2c(N(C)c3cccc(-c4ccc(S(C)(=O)=O)c(F)c4)c3)nc3nncn3c2c1. The zero-order chi connectivity index (χ0) is 26.7. The van der Waals surface area contributed by atoms with Crippen molar-refractivity contribution in [2.75, 3.05) is 18.2 Å². The van der Waals surface area contributed by atoms with Crippen molar-refractivity contribution in [2.24, 2.45) is 0 Å². The van der Waals surface area contributed by atoms with Gasteiger partial charge in [-0.15, -0.1) is 10.2 Å². The van der Waals surface area contributed by atoms with Gasteiger partial charge in [0.1, 0.15) is 22.9 Å². The number of anilines is 2. The number of sulfone groups is 1. The number of aryl methyl sites for hydroxylation is 1. The van der Waals surface area contributed by atoms with Crippen LogP contribution in [0.1, 0.15) is 32.8 Å². The van der Waals surface area contributed by atoms with Gasteiger partial charge in [0.25, 0.3) is 5.78 Å². The van der Waals surface area contributed by atoms with Gasteiger partial charge in [0.15, 0.2) is 9.84 Å². The summed E-state index contributed by atoms with van der Waals surface area (Å²) in [4.78, 5) is 6.41. The Hall–Kier alpha value is -3.85. The van der Waals surface area contributed by atoms with E-state index in [1.807, 2.05) is 54.5 Å². The van der Waals surface area contributed by atoms with Gasteiger partial charge in [-0.05, 0) is 59.5 Å². The standard InChI is InChI=1S/C26H24FN5O2S.C2H6/c1-4-6-17-9-11-21-23(13-17)32-16-28-30-26(32)29-25(21)31(2)20-8-5-7-18(14-20)19-10-12-24(22(27)15-19)35(3,33)34;1-2/h5,7-16H,4,6H2,1-3H3;1-2H3. The first-order valence-electron chi connectivity index (χ1n) is 12.2. The first kappa shape index (κ1) is 26.2. The lowest BCUT2D eigenvalue weighted by molar-refractivity contribution is 0.571. The minimum atomic E-state index is -3.64. The molecule has 0 saturated carbocycles. The molecule has 3 aromatic carbocycles. The van der Waals surface area contributed by atoms with Gasteiger partial charge in [0.2, 0.25) is 0 Å². The summed E-state index contributed by atoms with van der Waals surface area (Å²) in [5.41, 5.74) is 4.38. The maximum absolute atomic E-state index is 14.5. The Balaban J connectivity index is 0.00000156. The number of halogens is 1. The predicted octanol–water partition coefficient (Wildman–Crippen LogP) is 6.23. The van der Waals surface area contributed by atoms with Gasteiger partial charge in [-0.2, -0.15) is 4.98 Å². The molecule has 7 nitrogen and oxygen atoms in total. The maximum Gasteiger partial charge on any atom is 0.257 e. The van der Waals surface area contributed by atoms with Crippen molar-refractivity contribution in [3.63, 3.8) is 0 Å². The highest BCUT2D eigenvalue weighted by Crippen LogP contribution is 2.33. The highest BCUT2D eigenvalue weighted by molar-refractivity contribution is 7.90. The third-order valence-electron chi connectivity index (χ3n) is 6.05. The average Bonchev–Trinajstić information content (AvgIpc) is 3.37. The second-order valence-electron chi connectivity index (χ2n) is 8.56. The molecule has 2 heterocycles. The molecule has 0 radical (unpaired) electrons. The van der Waals surface area contributed by atoms with Gasteiger partial charge in [-0.1, -0.05) is 51.5 Å². The van der Waals surface area contributed by atoms with E-state index in [0.717, 1.165) is 47.1 Å². The number of hydrogen-bond donors (Lipinski definition) is 0. The van der Waals surface area contributed by atoms with Crippen molar-refractivity contribution in [3.8, 4) is 11.1 Å². The van der Waals surface area contributed by atoms with Crippen LogP contribution in [0, 0.1) is 5.82 Å². The molecule has 0 amide bonds. The first-order valence-corrected chi connectivity index (χ1v) is 14.1. The van der Waals surface area contributed by atoms with E-state index in [9.17, 15) is 12.8 Å². The molecule has 0 N–H and O–H groups in total. The van der Waals surface area contributed by atoms with Crippen molar-refractivity contribution >= 4 is 38.0 Å². The molecule has 9 heteroatoms. The lowest BCUT2D eigenvalue weighted by atomic mass is 10.0. The summed E-state index contributed by atoms with van der Waals surface area (Å²) in [6.07, 6.45) is 4.69. The van der Waals surface area contributed by atoms with Crippen LogP contribution < -0.4 is 4.90 Å². The number of nitrogens with zero attached hydrogens (tertiary/aromatic N) is 5. The molecular formula is C28H30FN5O2S. The van der Waals surface area contributed by atoms with Gasteiger partial charge >= 0.3 is 0 Å². The molecule has 0 aliphatic heterocycles. The minimum Gasteiger partial charge on any atom is -0.329 e. The first-order chi connectivity index (χ1) is 17.8. The smallest absolute Gasteiger partial charge is 0.257 e. The number of aromatic nitrogens is 4. The molecule has 0 unspecified atom stereocenters. The highest BCUT2D eigenvalue weighted by Gasteiger charge is 2.17. The molecular weight excluding hydrogens is 489 g/mol. The highest BCUT2D eigenvalue weighted by atomic mass is 32.2. The summed E-state index contributed by atoms with van der Waals surface area (Å²) in [5.74, 6) is 0.457. The van der Waals surface area contributed by atoms with Crippen LogP contribution in [0.15, 0.2) is 71.9 Å². The summed E-state index contributed by atoms with van der Waals surface area (Å²) in [5, 5.41) is 9.16. The summed E-state index contributed by atoms with van der Waals surface area (Å²) < 4.78 is 40.0. The van der Waals surface area contributed by atoms with Crippen LogP contribution in [0.4, 0.5) is 15.9 Å². The van der Waals surface area contributed by atoms with E-state index >= 15 is 0 Å². The lowest BCUT2D eigenvalue weighted by Gasteiger charge is -2.21. The topological polar surface area (TPSA) is 80.5 Å². The van der Waals surface area contributed by atoms with Crippen molar-refractivity contribution in [2.45, 2.75) is 38.5 Å². The van der Waals surface area contributed by atoms with Gasteiger partial charge < -0.3 is 4.90 Å². The fourth-order valence-electron chi connectivity index (χ4n) is 4.29. The van der Waals surface area contributed by atoms with Crippen molar-refractivity contribution in [1.82, 2.24) is 19.6 Å². The quantitative estimate of drug-likeness (QED) is 0.264. The number of rotatable bonds is 6. The van der Waals surface area contributed by atoms with Gasteiger partial charge in [0, 0.05) is 24.4 Å². The number of benzene rings is 3. The third-order valence-corrected chi connectivity index (χ3v) is 7.18. The van der Waals surface area contributed by atoms with E-state index in [0.29, 0.717) is 11.3 Å². The van der Waals surface area contributed by atoms with E-state index in [1.54, 1.807) is 12.4 Å². The Bertz CT molecular complexity index is 1680. The van der Waals surface area contributed by atoms with E-state index in [1.165, 1.54) is 17.7 Å². The maximum atomic E-state index is 14.5. The molecule has 0 aliphatic rings. The molecule has 0 fully saturated rings. The molecule has 0 aliphatic carbocycles. The van der Waals surface area contributed by atoms with Gasteiger partial charge in [-0.25, -0.2) is 12.8 Å². The number of hydrogen-bond acceptors (Lipinski definition) is 6. The zero-order valence-corrected chi connectivity index (χ0v) is 22.4. The van der Waals surface area contributed by atoms with Crippen molar-refractivity contribution in [3.05, 3.63) is 78.4 Å². The van der Waals surface area contributed by atoms with Crippen molar-refractivity contribution in [1.29, 1.82) is 0 Å². The van der Waals surface area contributed by atoms with E-state index < -0.39 is 15.7 Å². The van der Waals surface area contributed by atoms with Crippen LogP contribution in [-0.2, 0) is 16.3 Å². The molecule has 37 heavy (non-hydrogen) atoms. The zero-order valence-electron chi connectivity index (χ0n) is 21.6.